The Balaban J connectivity index is 2.10. The number of nitro groups is 1. The normalized spacial score (nSPS) is 22.5. The van der Waals surface area contributed by atoms with Crippen molar-refractivity contribution < 1.29 is 13.3 Å². The van der Waals surface area contributed by atoms with Gasteiger partial charge in [0, 0.05) is 50.9 Å². The van der Waals surface area contributed by atoms with Gasteiger partial charge in [-0.1, -0.05) is 13.8 Å². The number of piperazine rings is 1. The third kappa shape index (κ3) is 3.95. The lowest BCUT2D eigenvalue weighted by Crippen LogP contribution is -2.54. The van der Waals surface area contributed by atoms with Crippen LogP contribution in [0.25, 0.3) is 0 Å². The van der Waals surface area contributed by atoms with Gasteiger partial charge in [-0.05, 0) is 31.9 Å². The van der Waals surface area contributed by atoms with Crippen molar-refractivity contribution in [2.45, 2.75) is 37.6 Å². The fourth-order valence-corrected chi connectivity index (χ4v) is 5.69. The maximum atomic E-state index is 13.3. The van der Waals surface area contributed by atoms with Gasteiger partial charge in [-0.25, -0.2) is 8.42 Å². The Hall–Kier alpha value is -1.71. The lowest BCUT2D eigenvalue weighted by molar-refractivity contribution is -0.385. The summed E-state index contributed by atoms with van der Waals surface area (Å²) in [5.74, 6) is 0.324. The van der Waals surface area contributed by atoms with E-state index in [0.717, 1.165) is 25.9 Å². The van der Waals surface area contributed by atoms with Gasteiger partial charge in [0.1, 0.15) is 4.90 Å². The molecular weight excluding hydrogens is 368 g/mol. The van der Waals surface area contributed by atoms with E-state index in [-0.39, 0.29) is 16.6 Å². The molecule has 0 aromatic heterocycles. The fourth-order valence-electron chi connectivity index (χ4n) is 3.95. The molecular formula is C18H28N4O4S. The molecule has 9 heteroatoms. The van der Waals surface area contributed by atoms with Crippen LogP contribution in [0, 0.1) is 16.0 Å². The number of sulfonamides is 1. The predicted octanol–water partition coefficient (Wildman–Crippen LogP) is 2.16. The minimum atomic E-state index is -3.76. The second-order valence-corrected chi connectivity index (χ2v) is 9.69. The highest BCUT2D eigenvalue weighted by molar-refractivity contribution is 7.89. The Kier molecular flexibility index (Phi) is 5.73. The molecule has 27 heavy (non-hydrogen) atoms. The second kappa shape index (κ2) is 7.73. The molecule has 3 rings (SSSR count). The van der Waals surface area contributed by atoms with Crippen molar-refractivity contribution in [3.8, 4) is 0 Å². The molecule has 0 spiro atoms. The number of nitrogens with zero attached hydrogens (tertiary/aromatic N) is 4. The van der Waals surface area contributed by atoms with E-state index >= 15 is 0 Å². The smallest absolute Gasteiger partial charge is 0.270 e. The summed E-state index contributed by atoms with van der Waals surface area (Å²) in [6.07, 6.45) is 1.65. The molecule has 0 N–H and O–H groups in total. The minimum Gasteiger partial charge on any atom is -0.365 e. The average molecular weight is 397 g/mol. The van der Waals surface area contributed by atoms with Crippen LogP contribution in [0.2, 0.25) is 0 Å². The summed E-state index contributed by atoms with van der Waals surface area (Å²) >= 11 is 0. The number of anilines is 1. The molecule has 0 bridgehead atoms. The molecule has 1 aromatic rings. The zero-order valence-electron chi connectivity index (χ0n) is 16.2. The van der Waals surface area contributed by atoms with Crippen molar-refractivity contribution in [2.24, 2.45) is 5.92 Å². The van der Waals surface area contributed by atoms with Crippen LogP contribution in [0.1, 0.15) is 26.7 Å². The number of hydrogen-bond acceptors (Lipinski definition) is 6. The quantitative estimate of drug-likeness (QED) is 0.560. The SMILES string of the molecule is CC(C)C1CN(C)CCN1c1ccc([N+](=O)[O-])cc1S(=O)(=O)N1CCCC1. The van der Waals surface area contributed by atoms with Crippen LogP contribution >= 0.6 is 0 Å². The summed E-state index contributed by atoms with van der Waals surface area (Å²) in [7, 11) is -1.70. The maximum absolute atomic E-state index is 13.3. The van der Waals surface area contributed by atoms with Crippen molar-refractivity contribution in [3.05, 3.63) is 28.3 Å². The van der Waals surface area contributed by atoms with Crippen LogP contribution in [0.4, 0.5) is 11.4 Å². The molecule has 1 aromatic carbocycles. The largest absolute Gasteiger partial charge is 0.365 e. The van der Waals surface area contributed by atoms with Crippen molar-refractivity contribution in [1.82, 2.24) is 9.21 Å². The summed E-state index contributed by atoms with van der Waals surface area (Å²) in [5, 5.41) is 11.3. The van der Waals surface area contributed by atoms with E-state index in [2.05, 4.69) is 30.7 Å². The van der Waals surface area contributed by atoms with E-state index in [1.165, 1.54) is 16.4 Å². The van der Waals surface area contributed by atoms with Gasteiger partial charge in [-0.15, -0.1) is 0 Å². The maximum Gasteiger partial charge on any atom is 0.270 e. The summed E-state index contributed by atoms with van der Waals surface area (Å²) in [6, 6.07) is 4.41. The van der Waals surface area contributed by atoms with Crippen molar-refractivity contribution >= 4 is 21.4 Å². The topological polar surface area (TPSA) is 87.0 Å². The zero-order chi connectivity index (χ0) is 19.8. The van der Waals surface area contributed by atoms with Crippen molar-refractivity contribution in [2.75, 3.05) is 44.7 Å². The first-order valence-electron chi connectivity index (χ1n) is 9.45. The van der Waals surface area contributed by atoms with Crippen molar-refractivity contribution in [1.29, 1.82) is 0 Å². The molecule has 2 aliphatic heterocycles. The van der Waals surface area contributed by atoms with E-state index in [1.807, 2.05) is 0 Å². The Morgan fingerprint density at radius 3 is 2.41 bits per heavy atom. The van der Waals surface area contributed by atoms with Gasteiger partial charge >= 0.3 is 0 Å². The van der Waals surface area contributed by atoms with Gasteiger partial charge in [0.15, 0.2) is 0 Å². The minimum absolute atomic E-state index is 0.0637. The second-order valence-electron chi connectivity index (χ2n) is 7.79. The van der Waals surface area contributed by atoms with Crippen LogP contribution in [-0.2, 0) is 10.0 Å². The van der Waals surface area contributed by atoms with Crippen LogP contribution in [-0.4, -0.2) is 68.4 Å². The lowest BCUT2D eigenvalue weighted by Gasteiger charge is -2.44. The summed E-state index contributed by atoms with van der Waals surface area (Å²) in [6.45, 7) is 7.54. The first-order valence-corrected chi connectivity index (χ1v) is 10.9. The molecule has 2 aliphatic rings. The van der Waals surface area contributed by atoms with E-state index in [1.54, 1.807) is 6.07 Å². The fraction of sp³-hybridized carbons (Fsp3) is 0.667. The molecule has 2 fully saturated rings. The van der Waals surface area contributed by atoms with E-state index in [4.69, 9.17) is 0 Å². The van der Waals surface area contributed by atoms with Crippen LogP contribution < -0.4 is 4.90 Å². The number of likely N-dealkylation sites (N-methyl/N-ethyl adjacent to an activating group) is 1. The zero-order valence-corrected chi connectivity index (χ0v) is 17.0. The summed E-state index contributed by atoms with van der Waals surface area (Å²) in [5.41, 5.74) is 0.394. The van der Waals surface area contributed by atoms with Gasteiger partial charge in [0.05, 0.1) is 10.6 Å². The molecule has 1 unspecified atom stereocenters. The molecule has 2 heterocycles. The number of benzene rings is 1. The molecule has 2 saturated heterocycles. The predicted molar refractivity (Wildman–Crippen MR) is 105 cm³/mol. The highest BCUT2D eigenvalue weighted by Gasteiger charge is 2.36. The summed E-state index contributed by atoms with van der Waals surface area (Å²) < 4.78 is 28.0. The standard InChI is InChI=1S/C18H28N4O4S/c1-14(2)17-13-19(3)10-11-21(17)16-7-6-15(22(23)24)12-18(16)27(25,26)20-8-4-5-9-20/h6-7,12,14,17H,4-5,8-11,13H2,1-3H3. The van der Waals surface area contributed by atoms with Crippen LogP contribution in [0.3, 0.4) is 0 Å². The molecule has 1 atom stereocenters. The highest BCUT2D eigenvalue weighted by atomic mass is 32.2. The van der Waals surface area contributed by atoms with Gasteiger partial charge in [-0.2, -0.15) is 4.31 Å². The Bertz CT molecular complexity index is 806. The molecule has 0 amide bonds. The number of nitro benzene ring substituents is 1. The van der Waals surface area contributed by atoms with Crippen LogP contribution in [0.15, 0.2) is 23.1 Å². The first kappa shape index (κ1) is 20.0. The number of hydrogen-bond donors (Lipinski definition) is 0. The molecule has 8 nitrogen and oxygen atoms in total. The van der Waals surface area contributed by atoms with Gasteiger partial charge in [0.2, 0.25) is 10.0 Å². The van der Waals surface area contributed by atoms with Gasteiger partial charge < -0.3 is 9.80 Å². The Morgan fingerprint density at radius 1 is 1.15 bits per heavy atom. The number of non-ortho nitro benzene ring substituents is 1. The lowest BCUT2D eigenvalue weighted by atomic mass is 9.99. The molecule has 0 radical (unpaired) electrons. The molecule has 0 saturated carbocycles. The first-order chi connectivity index (χ1) is 12.7. The van der Waals surface area contributed by atoms with E-state index in [9.17, 15) is 18.5 Å². The third-order valence-electron chi connectivity index (χ3n) is 5.54. The highest BCUT2D eigenvalue weighted by Crippen LogP contribution is 2.35. The van der Waals surface area contributed by atoms with Gasteiger partial charge in [-0.3, -0.25) is 10.1 Å². The monoisotopic (exact) mass is 396 g/mol. The van der Waals surface area contributed by atoms with Gasteiger partial charge in [0.25, 0.3) is 5.69 Å². The average Bonchev–Trinajstić information content (AvgIpc) is 3.16. The van der Waals surface area contributed by atoms with Crippen molar-refractivity contribution in [3.63, 3.8) is 0 Å². The van der Waals surface area contributed by atoms with E-state index < -0.39 is 14.9 Å². The summed E-state index contributed by atoms with van der Waals surface area (Å²) in [4.78, 5) is 15.2. The molecule has 0 aliphatic carbocycles. The Morgan fingerprint density at radius 2 is 1.81 bits per heavy atom. The number of rotatable bonds is 5. The third-order valence-corrected chi connectivity index (χ3v) is 7.47. The Labute approximate surface area is 160 Å². The van der Waals surface area contributed by atoms with E-state index in [0.29, 0.717) is 31.2 Å². The van der Waals surface area contributed by atoms with Crippen LogP contribution in [0.5, 0.6) is 0 Å². The molecule has 150 valence electrons.